The van der Waals surface area contributed by atoms with Crippen LogP contribution in [0.3, 0.4) is 0 Å². The summed E-state index contributed by atoms with van der Waals surface area (Å²) in [6, 6.07) is 52.5. The van der Waals surface area contributed by atoms with E-state index in [1.165, 1.54) is 52.9 Å². The molecule has 0 saturated heterocycles. The first kappa shape index (κ1) is 23.4. The van der Waals surface area contributed by atoms with Crippen molar-refractivity contribution in [3.63, 3.8) is 0 Å². The molecule has 6 aromatic carbocycles. The summed E-state index contributed by atoms with van der Waals surface area (Å²) >= 11 is 1.87. The first-order valence-electron chi connectivity index (χ1n) is 14.2. The second-order valence-electron chi connectivity index (χ2n) is 10.7. The molecule has 0 unspecified atom stereocenters. The van der Waals surface area contributed by atoms with Gasteiger partial charge in [-0.3, -0.25) is 0 Å². The largest absolute Gasteiger partial charge is 0.316 e. The summed E-state index contributed by atoms with van der Waals surface area (Å²) < 4.78 is 7.35. The van der Waals surface area contributed by atoms with E-state index in [0.717, 1.165) is 17.1 Å². The Kier molecular flexibility index (Phi) is 5.07. The maximum Gasteiger partial charge on any atom is 0.0737 e. The summed E-state index contributed by atoms with van der Waals surface area (Å²) in [4.78, 5) is 0. The van der Waals surface area contributed by atoms with Crippen molar-refractivity contribution in [2.24, 2.45) is 0 Å². The van der Waals surface area contributed by atoms with Crippen molar-refractivity contribution in [1.82, 2.24) is 9.24 Å². The predicted molar refractivity (Wildman–Crippen MR) is 180 cm³/mol. The number of rotatable bonds is 4. The molecule has 0 aliphatic rings. The standard InChI is InChI=1S/C38H25N3S/c1-4-12-27(13-5-1)39-21-20-26-22-31-32-24-38-33(30-18-10-11-19-37(30)42-38)23-35(32)41(36(31)25-34(26)39)40(28-14-6-2-7-15-28)29-16-8-3-9-17-29/h1-25H. The number of thiophene rings is 1. The van der Waals surface area contributed by atoms with Crippen molar-refractivity contribution in [3.8, 4) is 5.69 Å². The van der Waals surface area contributed by atoms with Gasteiger partial charge in [0.25, 0.3) is 0 Å². The van der Waals surface area contributed by atoms with Gasteiger partial charge in [0, 0.05) is 48.2 Å². The maximum atomic E-state index is 2.42. The highest BCUT2D eigenvalue weighted by atomic mass is 32.1. The van der Waals surface area contributed by atoms with Crippen LogP contribution in [0.15, 0.2) is 152 Å². The SMILES string of the molecule is c1ccc(N(c2ccccc2)n2c3cc4c(cc3c3cc5ccn(-c6ccccc6)c5cc32)sc2ccccc24)cc1. The quantitative estimate of drug-likeness (QED) is 0.210. The molecule has 0 radical (unpaired) electrons. The van der Waals surface area contributed by atoms with Crippen LogP contribution < -0.4 is 5.01 Å². The normalized spacial score (nSPS) is 11.8. The molecule has 3 nitrogen and oxygen atoms in total. The van der Waals surface area contributed by atoms with Gasteiger partial charge in [0.15, 0.2) is 0 Å². The Morgan fingerprint density at radius 1 is 0.452 bits per heavy atom. The molecule has 0 bridgehead atoms. The molecule has 42 heavy (non-hydrogen) atoms. The zero-order valence-corrected chi connectivity index (χ0v) is 23.5. The number of benzene rings is 6. The predicted octanol–water partition coefficient (Wildman–Crippen LogP) is 10.7. The minimum Gasteiger partial charge on any atom is -0.316 e. The van der Waals surface area contributed by atoms with Crippen LogP contribution in [0.2, 0.25) is 0 Å². The lowest BCUT2D eigenvalue weighted by atomic mass is 10.1. The molecule has 9 aromatic rings. The summed E-state index contributed by atoms with van der Waals surface area (Å²) in [7, 11) is 0. The van der Waals surface area contributed by atoms with Crippen molar-refractivity contribution in [1.29, 1.82) is 0 Å². The Balaban J connectivity index is 1.45. The lowest BCUT2D eigenvalue weighted by molar-refractivity contribution is 0.887. The third kappa shape index (κ3) is 3.46. The first-order valence-corrected chi connectivity index (χ1v) is 15.0. The van der Waals surface area contributed by atoms with Gasteiger partial charge in [0.2, 0.25) is 0 Å². The van der Waals surface area contributed by atoms with Gasteiger partial charge in [-0.15, -0.1) is 11.3 Å². The molecule has 0 spiro atoms. The molecule has 0 N–H and O–H groups in total. The van der Waals surface area contributed by atoms with E-state index >= 15 is 0 Å². The van der Waals surface area contributed by atoms with Gasteiger partial charge in [-0.05, 0) is 72.8 Å². The molecule has 9 rings (SSSR count). The Morgan fingerprint density at radius 3 is 1.81 bits per heavy atom. The molecule has 0 aliphatic carbocycles. The highest BCUT2D eigenvalue weighted by molar-refractivity contribution is 7.25. The topological polar surface area (TPSA) is 13.1 Å². The summed E-state index contributed by atoms with van der Waals surface area (Å²) in [5, 5.41) is 8.70. The van der Waals surface area contributed by atoms with Gasteiger partial charge in [-0.2, -0.15) is 0 Å². The zero-order chi connectivity index (χ0) is 27.6. The van der Waals surface area contributed by atoms with E-state index in [1.54, 1.807) is 0 Å². The average molecular weight is 556 g/mol. The number of aromatic nitrogens is 2. The van der Waals surface area contributed by atoms with Gasteiger partial charge < -0.3 is 4.57 Å². The van der Waals surface area contributed by atoms with Crippen molar-refractivity contribution < 1.29 is 0 Å². The molecule has 4 heteroatoms. The third-order valence-electron chi connectivity index (χ3n) is 8.29. The van der Waals surface area contributed by atoms with E-state index in [0.29, 0.717) is 0 Å². The number of anilines is 2. The first-order chi connectivity index (χ1) is 20.8. The number of hydrogen-bond donors (Lipinski definition) is 0. The van der Waals surface area contributed by atoms with Crippen LogP contribution in [0.25, 0.3) is 58.6 Å². The minimum absolute atomic E-state index is 1.11. The second-order valence-corrected chi connectivity index (χ2v) is 11.8. The van der Waals surface area contributed by atoms with E-state index in [-0.39, 0.29) is 0 Å². The van der Waals surface area contributed by atoms with Crippen molar-refractivity contribution in [2.75, 3.05) is 5.01 Å². The van der Waals surface area contributed by atoms with Crippen LogP contribution in [0.1, 0.15) is 0 Å². The second kappa shape index (κ2) is 9.10. The van der Waals surface area contributed by atoms with E-state index in [1.807, 2.05) is 11.3 Å². The van der Waals surface area contributed by atoms with Gasteiger partial charge in [-0.25, -0.2) is 9.69 Å². The van der Waals surface area contributed by atoms with E-state index in [2.05, 4.69) is 166 Å². The van der Waals surface area contributed by atoms with E-state index in [9.17, 15) is 0 Å². The van der Waals surface area contributed by atoms with Crippen LogP contribution in [0.4, 0.5) is 11.4 Å². The van der Waals surface area contributed by atoms with Gasteiger partial charge in [-0.1, -0.05) is 72.8 Å². The molecule has 0 amide bonds. The fourth-order valence-corrected chi connectivity index (χ4v) is 7.52. The Bertz CT molecular complexity index is 2360. The average Bonchev–Trinajstić information content (AvgIpc) is 3.72. The van der Waals surface area contributed by atoms with E-state index < -0.39 is 0 Å². The lowest BCUT2D eigenvalue weighted by Gasteiger charge is -2.28. The van der Waals surface area contributed by atoms with Gasteiger partial charge in [0.05, 0.1) is 27.9 Å². The highest BCUT2D eigenvalue weighted by Gasteiger charge is 2.22. The Hall–Kier alpha value is -5.32. The van der Waals surface area contributed by atoms with Crippen LogP contribution in [0, 0.1) is 0 Å². The maximum absolute atomic E-state index is 2.42. The monoisotopic (exact) mass is 555 g/mol. The molecule has 3 aromatic heterocycles. The van der Waals surface area contributed by atoms with Crippen LogP contribution in [-0.2, 0) is 0 Å². The molecular weight excluding hydrogens is 531 g/mol. The smallest absolute Gasteiger partial charge is 0.0737 e. The van der Waals surface area contributed by atoms with Crippen LogP contribution >= 0.6 is 11.3 Å². The van der Waals surface area contributed by atoms with Crippen LogP contribution in [0.5, 0.6) is 0 Å². The number of fused-ring (bicyclic) bond motifs is 7. The van der Waals surface area contributed by atoms with Crippen molar-refractivity contribution in [2.45, 2.75) is 0 Å². The zero-order valence-electron chi connectivity index (χ0n) is 22.7. The van der Waals surface area contributed by atoms with Crippen molar-refractivity contribution >= 4 is 75.6 Å². The third-order valence-corrected chi connectivity index (χ3v) is 9.42. The Labute approximate surface area is 246 Å². The van der Waals surface area contributed by atoms with Crippen molar-refractivity contribution in [3.05, 3.63) is 152 Å². The molecule has 0 saturated carbocycles. The fraction of sp³-hybridized carbons (Fsp3) is 0. The molecule has 3 heterocycles. The summed E-state index contributed by atoms with van der Waals surface area (Å²) in [5.41, 5.74) is 6.92. The number of para-hydroxylation sites is 3. The van der Waals surface area contributed by atoms with Gasteiger partial charge >= 0.3 is 0 Å². The van der Waals surface area contributed by atoms with E-state index in [4.69, 9.17) is 0 Å². The fourth-order valence-electron chi connectivity index (χ4n) is 6.39. The molecular formula is C38H25N3S. The molecule has 0 aliphatic heterocycles. The van der Waals surface area contributed by atoms with Gasteiger partial charge in [0.1, 0.15) is 0 Å². The summed E-state index contributed by atoms with van der Waals surface area (Å²) in [6.45, 7) is 0. The highest BCUT2D eigenvalue weighted by Crippen LogP contribution is 2.42. The molecule has 0 fully saturated rings. The molecule has 0 atom stereocenters. The molecule has 198 valence electrons. The summed E-state index contributed by atoms with van der Waals surface area (Å²) in [6.07, 6.45) is 2.18. The number of nitrogens with zero attached hydrogens (tertiary/aromatic N) is 3. The lowest BCUT2D eigenvalue weighted by Crippen LogP contribution is -2.23. The Morgan fingerprint density at radius 2 is 1.07 bits per heavy atom. The minimum atomic E-state index is 1.11. The van der Waals surface area contributed by atoms with Crippen LogP contribution in [-0.4, -0.2) is 9.24 Å². The number of hydrogen-bond acceptors (Lipinski definition) is 2. The summed E-state index contributed by atoms with van der Waals surface area (Å²) in [5.74, 6) is 0.